The van der Waals surface area contributed by atoms with Crippen LogP contribution in [0.1, 0.15) is 11.1 Å². The molecule has 1 aromatic carbocycles. The highest BCUT2D eigenvalue weighted by atomic mass is 19.4. The molecule has 27 heavy (non-hydrogen) atoms. The summed E-state index contributed by atoms with van der Waals surface area (Å²) >= 11 is 0. The van der Waals surface area contributed by atoms with Crippen molar-refractivity contribution in [3.63, 3.8) is 0 Å². The number of carbonyl (C=O) groups excluding carboxylic acids is 1. The number of hydrogen-bond acceptors (Lipinski definition) is 4. The van der Waals surface area contributed by atoms with E-state index in [9.17, 15) is 31.5 Å². The third kappa shape index (κ3) is 5.90. The summed E-state index contributed by atoms with van der Waals surface area (Å²) in [6.45, 7) is -3.77. The van der Waals surface area contributed by atoms with Crippen LogP contribution >= 0.6 is 0 Å². The zero-order chi connectivity index (χ0) is 20.0. The second-order valence-electron chi connectivity index (χ2n) is 5.09. The van der Waals surface area contributed by atoms with Crippen molar-refractivity contribution in [2.75, 3.05) is 0 Å². The van der Waals surface area contributed by atoms with Gasteiger partial charge in [-0.1, -0.05) is 12.1 Å². The van der Waals surface area contributed by atoms with E-state index in [0.717, 1.165) is 6.21 Å². The molecular weight excluding hydrogens is 377 g/mol. The summed E-state index contributed by atoms with van der Waals surface area (Å²) in [5.41, 5.74) is 0.232. The predicted molar refractivity (Wildman–Crippen MR) is 84.5 cm³/mol. The highest BCUT2D eigenvalue weighted by Crippen LogP contribution is 2.27. The number of rotatable bonds is 6. The molecule has 0 aliphatic carbocycles. The van der Waals surface area contributed by atoms with Gasteiger partial charge in [0.1, 0.15) is 12.3 Å². The van der Waals surface area contributed by atoms with E-state index in [1.54, 1.807) is 0 Å². The third-order valence-electron chi connectivity index (χ3n) is 3.15. The lowest BCUT2D eigenvalue weighted by Gasteiger charge is -2.10. The van der Waals surface area contributed by atoms with Crippen LogP contribution in [0.2, 0.25) is 0 Å². The molecule has 11 heteroatoms. The van der Waals surface area contributed by atoms with E-state index in [0.29, 0.717) is 22.9 Å². The molecule has 1 amide bonds. The largest absolute Gasteiger partial charge is 0.434 e. The van der Waals surface area contributed by atoms with Gasteiger partial charge in [-0.15, -0.1) is 0 Å². The highest BCUT2D eigenvalue weighted by molar-refractivity contribution is 5.85. The van der Waals surface area contributed by atoms with Crippen LogP contribution in [0.5, 0.6) is 5.75 Å². The van der Waals surface area contributed by atoms with Crippen molar-refractivity contribution in [1.82, 2.24) is 9.99 Å². The van der Waals surface area contributed by atoms with E-state index < -0.39 is 36.4 Å². The first-order valence-electron chi connectivity index (χ1n) is 7.30. The topological polar surface area (TPSA) is 72.7 Å². The van der Waals surface area contributed by atoms with Gasteiger partial charge in [-0.2, -0.15) is 27.1 Å². The Labute approximate surface area is 148 Å². The lowest BCUT2D eigenvalue weighted by Crippen LogP contribution is -2.30. The molecule has 0 atom stereocenters. The fourth-order valence-corrected chi connectivity index (χ4v) is 1.98. The van der Waals surface area contributed by atoms with Crippen LogP contribution in [-0.4, -0.2) is 23.3 Å². The Morgan fingerprint density at radius 2 is 1.93 bits per heavy atom. The summed E-state index contributed by atoms with van der Waals surface area (Å²) in [5, 5.41) is 3.52. The molecule has 2 rings (SSSR count). The summed E-state index contributed by atoms with van der Waals surface area (Å²) in [7, 11) is 0. The molecular formula is C16H12F5N3O3. The predicted octanol–water partition coefficient (Wildman–Crippen LogP) is 2.62. The summed E-state index contributed by atoms with van der Waals surface area (Å²) in [6.07, 6.45) is -3.14. The fourth-order valence-electron chi connectivity index (χ4n) is 1.98. The average Bonchev–Trinajstić information content (AvgIpc) is 2.57. The monoisotopic (exact) mass is 389 g/mol. The van der Waals surface area contributed by atoms with Gasteiger partial charge in [-0.05, 0) is 18.2 Å². The van der Waals surface area contributed by atoms with Crippen molar-refractivity contribution < 1.29 is 31.5 Å². The van der Waals surface area contributed by atoms with E-state index in [2.05, 4.69) is 9.84 Å². The average molecular weight is 389 g/mol. The number of carbonyl (C=O) groups is 1. The number of halogens is 5. The molecule has 1 aromatic heterocycles. The van der Waals surface area contributed by atoms with Crippen LogP contribution in [0.4, 0.5) is 22.0 Å². The number of para-hydroxylation sites is 1. The Kier molecular flexibility index (Phi) is 6.27. The van der Waals surface area contributed by atoms with Crippen molar-refractivity contribution in [2.45, 2.75) is 19.3 Å². The van der Waals surface area contributed by atoms with E-state index in [1.807, 2.05) is 5.43 Å². The molecule has 0 saturated heterocycles. The molecule has 6 nitrogen and oxygen atoms in total. The summed E-state index contributed by atoms with van der Waals surface area (Å²) in [4.78, 5) is 23.3. The van der Waals surface area contributed by atoms with Gasteiger partial charge in [0.15, 0.2) is 0 Å². The molecule has 144 valence electrons. The lowest BCUT2D eigenvalue weighted by atomic mass is 10.2. The molecule has 0 unspecified atom stereocenters. The number of pyridine rings is 1. The van der Waals surface area contributed by atoms with Gasteiger partial charge in [-0.25, -0.2) is 5.43 Å². The molecule has 0 aliphatic heterocycles. The lowest BCUT2D eigenvalue weighted by molar-refractivity contribution is -0.138. The molecule has 0 fully saturated rings. The normalized spacial score (nSPS) is 11.8. The Hall–Kier alpha value is -3.24. The Morgan fingerprint density at radius 1 is 1.22 bits per heavy atom. The zero-order valence-electron chi connectivity index (χ0n) is 13.4. The van der Waals surface area contributed by atoms with Gasteiger partial charge in [0.2, 0.25) is 0 Å². The first-order valence-corrected chi connectivity index (χ1v) is 7.30. The Bertz CT molecular complexity index is 893. The number of ether oxygens (including phenoxy) is 1. The van der Waals surface area contributed by atoms with Crippen molar-refractivity contribution in [3.8, 4) is 5.75 Å². The SMILES string of the molecule is O=C(Cn1cc(C(F)(F)F)ccc1=O)N/N=C\c1ccccc1OC(F)F. The van der Waals surface area contributed by atoms with E-state index in [4.69, 9.17) is 0 Å². The quantitative estimate of drug-likeness (QED) is 0.469. The number of amides is 1. The Morgan fingerprint density at radius 3 is 2.59 bits per heavy atom. The van der Waals surface area contributed by atoms with Crippen LogP contribution in [-0.2, 0) is 17.5 Å². The molecule has 0 bridgehead atoms. The first kappa shape index (κ1) is 20.1. The van der Waals surface area contributed by atoms with E-state index in [1.165, 1.54) is 24.3 Å². The number of aromatic nitrogens is 1. The van der Waals surface area contributed by atoms with Crippen LogP contribution in [0, 0.1) is 0 Å². The van der Waals surface area contributed by atoms with Crippen LogP contribution in [0.15, 0.2) is 52.5 Å². The van der Waals surface area contributed by atoms with Gasteiger partial charge in [-0.3, -0.25) is 9.59 Å². The molecule has 0 aliphatic rings. The molecule has 0 spiro atoms. The fraction of sp³-hybridized carbons (Fsp3) is 0.188. The zero-order valence-corrected chi connectivity index (χ0v) is 13.4. The number of hydrazone groups is 1. The maximum atomic E-state index is 12.7. The van der Waals surface area contributed by atoms with Crippen LogP contribution < -0.4 is 15.7 Å². The highest BCUT2D eigenvalue weighted by Gasteiger charge is 2.31. The maximum Gasteiger partial charge on any atom is 0.417 e. The van der Waals surface area contributed by atoms with Gasteiger partial charge in [0.25, 0.3) is 11.5 Å². The standard InChI is InChI=1S/C16H12F5N3O3/c17-15(18)27-12-4-2-1-3-10(12)7-22-23-13(25)9-24-8-11(16(19,20)21)5-6-14(24)26/h1-8,15H,9H2,(H,23,25)/b22-7-. The molecule has 0 saturated carbocycles. The number of nitrogens with zero attached hydrogens (tertiary/aromatic N) is 2. The van der Waals surface area contributed by atoms with Gasteiger partial charge >= 0.3 is 12.8 Å². The third-order valence-corrected chi connectivity index (χ3v) is 3.15. The second-order valence-corrected chi connectivity index (χ2v) is 5.09. The minimum Gasteiger partial charge on any atom is -0.434 e. The smallest absolute Gasteiger partial charge is 0.417 e. The number of alkyl halides is 5. The second kappa shape index (κ2) is 8.43. The number of nitrogens with one attached hydrogen (secondary N) is 1. The van der Waals surface area contributed by atoms with E-state index >= 15 is 0 Å². The summed E-state index contributed by atoms with van der Waals surface area (Å²) in [6, 6.07) is 6.92. The van der Waals surface area contributed by atoms with Gasteiger partial charge in [0.05, 0.1) is 11.8 Å². The molecule has 1 heterocycles. The number of benzene rings is 1. The van der Waals surface area contributed by atoms with Crippen LogP contribution in [0.3, 0.4) is 0 Å². The Balaban J connectivity index is 2.05. The van der Waals surface area contributed by atoms with E-state index in [-0.39, 0.29) is 11.3 Å². The summed E-state index contributed by atoms with van der Waals surface area (Å²) in [5.74, 6) is -1.07. The van der Waals surface area contributed by atoms with Gasteiger partial charge < -0.3 is 9.30 Å². The minimum absolute atomic E-state index is 0.134. The first-order chi connectivity index (χ1) is 12.7. The molecule has 2 aromatic rings. The van der Waals surface area contributed by atoms with Crippen molar-refractivity contribution >= 4 is 12.1 Å². The maximum absolute atomic E-state index is 12.7. The van der Waals surface area contributed by atoms with Crippen molar-refractivity contribution in [1.29, 1.82) is 0 Å². The molecule has 0 radical (unpaired) electrons. The van der Waals surface area contributed by atoms with Crippen molar-refractivity contribution in [2.24, 2.45) is 5.10 Å². The molecule has 1 N–H and O–H groups in total. The minimum atomic E-state index is -4.67. The van der Waals surface area contributed by atoms with Crippen LogP contribution in [0.25, 0.3) is 0 Å². The number of hydrogen-bond donors (Lipinski definition) is 1. The van der Waals surface area contributed by atoms with Gasteiger partial charge in [0, 0.05) is 17.8 Å². The van der Waals surface area contributed by atoms with Crippen molar-refractivity contribution in [3.05, 3.63) is 64.1 Å². The summed E-state index contributed by atoms with van der Waals surface area (Å²) < 4.78 is 67.4.